The second-order valence-electron chi connectivity index (χ2n) is 5.02. The molecule has 0 unspecified atom stereocenters. The molecule has 0 saturated carbocycles. The molecule has 1 fully saturated rings. The van der Waals surface area contributed by atoms with Crippen LogP contribution in [0.1, 0.15) is 12.8 Å². The molecule has 19 heavy (non-hydrogen) atoms. The number of hydrogen-bond acceptors (Lipinski definition) is 3. The quantitative estimate of drug-likeness (QED) is 0.847. The average molecular weight is 326 g/mol. The van der Waals surface area contributed by atoms with E-state index in [-0.39, 0.29) is 5.56 Å². The summed E-state index contributed by atoms with van der Waals surface area (Å²) in [4.78, 5) is 12.5. The van der Waals surface area contributed by atoms with Crippen molar-refractivity contribution in [2.45, 2.75) is 19.4 Å². The van der Waals surface area contributed by atoms with Crippen molar-refractivity contribution >= 4 is 26.8 Å². The Morgan fingerprint density at radius 3 is 2.95 bits per heavy atom. The molecular weight excluding hydrogens is 310 g/mol. The molecule has 102 valence electrons. The standard InChI is InChI=1S/C13H16BrN3O2/c1-16-12-10(6-15-16)11(14)8-17(13(12)18)7-9-2-4-19-5-3-9/h6,8-9H,2-5,7H2,1H3. The van der Waals surface area contributed by atoms with Gasteiger partial charge in [-0.05, 0) is 34.7 Å². The van der Waals surface area contributed by atoms with Gasteiger partial charge in [0.15, 0.2) is 0 Å². The minimum Gasteiger partial charge on any atom is -0.381 e. The Morgan fingerprint density at radius 1 is 1.47 bits per heavy atom. The van der Waals surface area contributed by atoms with Crippen molar-refractivity contribution in [3.8, 4) is 0 Å². The van der Waals surface area contributed by atoms with Gasteiger partial charge in [0.25, 0.3) is 5.56 Å². The summed E-state index contributed by atoms with van der Waals surface area (Å²) < 4.78 is 9.71. The number of aromatic nitrogens is 3. The third kappa shape index (κ3) is 2.34. The lowest BCUT2D eigenvalue weighted by atomic mass is 10.0. The Morgan fingerprint density at radius 2 is 2.21 bits per heavy atom. The van der Waals surface area contributed by atoms with Gasteiger partial charge in [0.2, 0.25) is 0 Å². The summed E-state index contributed by atoms with van der Waals surface area (Å²) in [6.07, 6.45) is 5.64. The molecule has 0 radical (unpaired) electrons. The molecule has 0 N–H and O–H groups in total. The van der Waals surface area contributed by atoms with Crippen molar-refractivity contribution in [3.63, 3.8) is 0 Å². The molecule has 6 heteroatoms. The molecule has 0 aromatic carbocycles. The highest BCUT2D eigenvalue weighted by Gasteiger charge is 2.17. The lowest BCUT2D eigenvalue weighted by molar-refractivity contribution is 0.0610. The van der Waals surface area contributed by atoms with E-state index >= 15 is 0 Å². The first-order chi connectivity index (χ1) is 9.16. The first-order valence-corrected chi connectivity index (χ1v) is 7.24. The SMILES string of the molecule is Cn1ncc2c(Br)cn(CC3CCOCC3)c(=O)c21. The molecule has 0 spiro atoms. The summed E-state index contributed by atoms with van der Waals surface area (Å²) in [7, 11) is 1.80. The van der Waals surface area contributed by atoms with E-state index in [0.29, 0.717) is 11.4 Å². The van der Waals surface area contributed by atoms with Crippen LogP contribution < -0.4 is 5.56 Å². The van der Waals surface area contributed by atoms with Gasteiger partial charge >= 0.3 is 0 Å². The molecule has 0 aliphatic carbocycles. The zero-order valence-electron chi connectivity index (χ0n) is 10.8. The number of fused-ring (bicyclic) bond motifs is 1. The summed E-state index contributed by atoms with van der Waals surface area (Å²) in [6.45, 7) is 2.35. The van der Waals surface area contributed by atoms with Gasteiger partial charge in [0.1, 0.15) is 5.52 Å². The van der Waals surface area contributed by atoms with Crippen molar-refractivity contribution in [2.24, 2.45) is 13.0 Å². The molecule has 0 atom stereocenters. The summed E-state index contributed by atoms with van der Waals surface area (Å²) in [6, 6.07) is 0. The normalized spacial score (nSPS) is 17.2. The second-order valence-corrected chi connectivity index (χ2v) is 5.88. The van der Waals surface area contributed by atoms with Crippen LogP contribution in [0, 0.1) is 5.92 Å². The highest BCUT2D eigenvalue weighted by molar-refractivity contribution is 9.10. The Hall–Kier alpha value is -1.14. The van der Waals surface area contributed by atoms with Gasteiger partial charge in [-0.1, -0.05) is 0 Å². The number of halogens is 1. The smallest absolute Gasteiger partial charge is 0.276 e. The number of aryl methyl sites for hydroxylation is 1. The number of rotatable bonds is 2. The van der Waals surface area contributed by atoms with Crippen molar-refractivity contribution in [1.82, 2.24) is 14.3 Å². The molecule has 3 rings (SSSR count). The van der Waals surface area contributed by atoms with Crippen LogP contribution in [0.3, 0.4) is 0 Å². The van der Waals surface area contributed by atoms with Gasteiger partial charge in [-0.25, -0.2) is 0 Å². The Labute approximate surface area is 119 Å². The predicted molar refractivity (Wildman–Crippen MR) is 76.2 cm³/mol. The summed E-state index contributed by atoms with van der Waals surface area (Å²) in [5.74, 6) is 0.518. The van der Waals surface area contributed by atoms with Gasteiger partial charge in [-0.2, -0.15) is 5.10 Å². The number of pyridine rings is 1. The molecule has 5 nitrogen and oxygen atoms in total. The zero-order valence-corrected chi connectivity index (χ0v) is 12.4. The van der Waals surface area contributed by atoms with Crippen molar-refractivity contribution in [3.05, 3.63) is 27.2 Å². The third-order valence-electron chi connectivity index (χ3n) is 3.72. The maximum absolute atomic E-state index is 12.5. The first kappa shape index (κ1) is 12.9. The first-order valence-electron chi connectivity index (χ1n) is 6.45. The molecule has 3 heterocycles. The van der Waals surface area contributed by atoms with E-state index in [1.807, 2.05) is 6.20 Å². The summed E-state index contributed by atoms with van der Waals surface area (Å²) >= 11 is 3.52. The van der Waals surface area contributed by atoms with Crippen LogP contribution in [-0.2, 0) is 18.3 Å². The molecule has 2 aromatic heterocycles. The fraction of sp³-hybridized carbons (Fsp3) is 0.538. The molecule has 2 aromatic rings. The zero-order chi connectivity index (χ0) is 13.4. The van der Waals surface area contributed by atoms with Crippen molar-refractivity contribution in [2.75, 3.05) is 13.2 Å². The van der Waals surface area contributed by atoms with E-state index in [9.17, 15) is 4.79 Å². The molecular formula is C13H16BrN3O2. The number of ether oxygens (including phenoxy) is 1. The van der Waals surface area contributed by atoms with E-state index in [4.69, 9.17) is 4.74 Å². The van der Waals surface area contributed by atoms with Crippen LogP contribution >= 0.6 is 15.9 Å². The predicted octanol–water partition coefficient (Wildman–Crippen LogP) is 1.92. The van der Waals surface area contributed by atoms with E-state index in [1.165, 1.54) is 0 Å². The lowest BCUT2D eigenvalue weighted by Gasteiger charge is -2.22. The minimum atomic E-state index is 0.0321. The van der Waals surface area contributed by atoms with Gasteiger partial charge in [0, 0.05) is 42.9 Å². The fourth-order valence-electron chi connectivity index (χ4n) is 2.61. The highest BCUT2D eigenvalue weighted by Crippen LogP contribution is 2.22. The topological polar surface area (TPSA) is 49.0 Å². The molecule has 0 bridgehead atoms. The summed E-state index contributed by atoms with van der Waals surface area (Å²) in [5, 5.41) is 5.03. The Balaban J connectivity index is 2.01. The maximum Gasteiger partial charge on any atom is 0.276 e. The van der Waals surface area contributed by atoms with Crippen LogP contribution in [0.25, 0.3) is 10.9 Å². The molecule has 1 saturated heterocycles. The van der Waals surface area contributed by atoms with Gasteiger partial charge < -0.3 is 9.30 Å². The minimum absolute atomic E-state index is 0.0321. The molecule has 0 amide bonds. The number of hydrogen-bond donors (Lipinski definition) is 0. The van der Waals surface area contributed by atoms with Crippen LogP contribution in [0.2, 0.25) is 0 Å². The third-order valence-corrected chi connectivity index (χ3v) is 4.36. The van der Waals surface area contributed by atoms with Crippen LogP contribution in [-0.4, -0.2) is 27.6 Å². The van der Waals surface area contributed by atoms with E-state index in [2.05, 4.69) is 21.0 Å². The molecule has 1 aliphatic heterocycles. The van der Waals surface area contributed by atoms with E-state index in [1.54, 1.807) is 22.5 Å². The largest absolute Gasteiger partial charge is 0.381 e. The Bertz CT molecular complexity index is 656. The van der Waals surface area contributed by atoms with Crippen LogP contribution in [0.5, 0.6) is 0 Å². The van der Waals surface area contributed by atoms with Crippen LogP contribution in [0.4, 0.5) is 0 Å². The van der Waals surface area contributed by atoms with Gasteiger partial charge in [0.05, 0.1) is 6.20 Å². The monoisotopic (exact) mass is 325 g/mol. The van der Waals surface area contributed by atoms with Crippen molar-refractivity contribution in [1.29, 1.82) is 0 Å². The second kappa shape index (κ2) is 5.09. The Kier molecular flexibility index (Phi) is 3.45. The van der Waals surface area contributed by atoms with Crippen LogP contribution in [0.15, 0.2) is 21.7 Å². The summed E-state index contributed by atoms with van der Waals surface area (Å²) in [5.41, 5.74) is 0.686. The van der Waals surface area contributed by atoms with E-state index in [0.717, 1.165) is 42.5 Å². The highest BCUT2D eigenvalue weighted by atomic mass is 79.9. The lowest BCUT2D eigenvalue weighted by Crippen LogP contribution is -2.28. The molecule has 1 aliphatic rings. The average Bonchev–Trinajstić information content (AvgIpc) is 2.80. The maximum atomic E-state index is 12.5. The number of nitrogens with zero attached hydrogens (tertiary/aromatic N) is 3. The van der Waals surface area contributed by atoms with E-state index < -0.39 is 0 Å². The fourth-order valence-corrected chi connectivity index (χ4v) is 3.15. The van der Waals surface area contributed by atoms with Gasteiger partial charge in [-0.3, -0.25) is 9.48 Å². The van der Waals surface area contributed by atoms with Gasteiger partial charge in [-0.15, -0.1) is 0 Å². The van der Waals surface area contributed by atoms with Crippen molar-refractivity contribution < 1.29 is 4.74 Å².